The van der Waals surface area contributed by atoms with Crippen molar-refractivity contribution in [2.45, 2.75) is 26.3 Å². The molecule has 2 aromatic heterocycles. The first-order chi connectivity index (χ1) is 8.72. The quantitative estimate of drug-likeness (QED) is 0.851. The number of rotatable bonds is 5. The van der Waals surface area contributed by atoms with Crippen LogP contribution < -0.4 is 10.1 Å². The molecule has 0 saturated carbocycles. The van der Waals surface area contributed by atoms with Crippen LogP contribution in [0.5, 0.6) is 11.6 Å². The van der Waals surface area contributed by atoms with Crippen LogP contribution in [0.3, 0.4) is 0 Å². The van der Waals surface area contributed by atoms with Crippen LogP contribution in [0.2, 0.25) is 0 Å². The third-order valence-corrected chi connectivity index (χ3v) is 2.78. The minimum Gasteiger partial charge on any atom is -0.436 e. The Kier molecular flexibility index (Phi) is 3.94. The number of pyridine rings is 1. The predicted octanol–water partition coefficient (Wildman–Crippen LogP) is 2.58. The molecule has 0 fully saturated rings. The fourth-order valence-electron chi connectivity index (χ4n) is 1.79. The zero-order valence-corrected chi connectivity index (χ0v) is 10.9. The monoisotopic (exact) mass is 246 g/mol. The molecule has 2 rings (SSSR count). The second kappa shape index (κ2) is 5.64. The van der Waals surface area contributed by atoms with Crippen molar-refractivity contribution in [3.63, 3.8) is 0 Å². The maximum absolute atomic E-state index is 5.58. The third kappa shape index (κ3) is 2.87. The number of hydrogen-bond donors (Lipinski definition) is 2. The molecule has 1 unspecified atom stereocenters. The number of aromatic amines is 1. The minimum absolute atomic E-state index is 0.284. The van der Waals surface area contributed by atoms with E-state index in [2.05, 4.69) is 27.4 Å². The van der Waals surface area contributed by atoms with Crippen molar-refractivity contribution in [1.82, 2.24) is 20.5 Å². The summed E-state index contributed by atoms with van der Waals surface area (Å²) in [6.45, 7) is 4.06. The second-order valence-corrected chi connectivity index (χ2v) is 4.16. The van der Waals surface area contributed by atoms with E-state index >= 15 is 0 Å². The van der Waals surface area contributed by atoms with Gasteiger partial charge in [-0.1, -0.05) is 6.92 Å². The largest absolute Gasteiger partial charge is 0.436 e. The molecular weight excluding hydrogens is 228 g/mol. The lowest BCUT2D eigenvalue weighted by Crippen LogP contribution is -2.16. The van der Waals surface area contributed by atoms with Crippen LogP contribution in [-0.4, -0.2) is 22.2 Å². The molecule has 0 aliphatic carbocycles. The summed E-state index contributed by atoms with van der Waals surface area (Å²) in [5, 5.41) is 10.1. The molecule has 5 heteroatoms. The second-order valence-electron chi connectivity index (χ2n) is 4.16. The highest BCUT2D eigenvalue weighted by molar-refractivity contribution is 5.26. The van der Waals surface area contributed by atoms with E-state index in [-0.39, 0.29) is 6.04 Å². The van der Waals surface area contributed by atoms with Gasteiger partial charge in [0.25, 0.3) is 0 Å². The van der Waals surface area contributed by atoms with Crippen molar-refractivity contribution in [2.75, 3.05) is 7.05 Å². The first-order valence-corrected chi connectivity index (χ1v) is 6.06. The lowest BCUT2D eigenvalue weighted by molar-refractivity contribution is 0.457. The van der Waals surface area contributed by atoms with Gasteiger partial charge in [-0.05, 0) is 32.5 Å². The van der Waals surface area contributed by atoms with Crippen molar-refractivity contribution < 1.29 is 4.74 Å². The topological polar surface area (TPSA) is 62.8 Å². The van der Waals surface area contributed by atoms with Gasteiger partial charge in [0.05, 0.1) is 11.9 Å². The minimum atomic E-state index is 0.284. The molecule has 0 aromatic carbocycles. The molecule has 1 atom stereocenters. The van der Waals surface area contributed by atoms with Crippen molar-refractivity contribution in [1.29, 1.82) is 0 Å². The van der Waals surface area contributed by atoms with Gasteiger partial charge in [-0.3, -0.25) is 10.1 Å². The molecule has 0 aliphatic heterocycles. The molecular formula is C13H18N4O. The highest BCUT2D eigenvalue weighted by Crippen LogP contribution is 2.21. The van der Waals surface area contributed by atoms with Gasteiger partial charge in [0, 0.05) is 17.8 Å². The van der Waals surface area contributed by atoms with Gasteiger partial charge < -0.3 is 10.1 Å². The smallest absolute Gasteiger partial charge is 0.238 e. The average molecular weight is 246 g/mol. The number of hydrogen-bond acceptors (Lipinski definition) is 4. The molecule has 0 spiro atoms. The van der Waals surface area contributed by atoms with Crippen LogP contribution in [0, 0.1) is 6.92 Å². The van der Waals surface area contributed by atoms with Gasteiger partial charge in [0.2, 0.25) is 5.88 Å². The maximum Gasteiger partial charge on any atom is 0.238 e. The number of aromatic nitrogens is 3. The Morgan fingerprint density at radius 1 is 1.44 bits per heavy atom. The first-order valence-electron chi connectivity index (χ1n) is 6.06. The fourth-order valence-corrected chi connectivity index (χ4v) is 1.79. The van der Waals surface area contributed by atoms with Crippen LogP contribution in [0.25, 0.3) is 0 Å². The molecule has 96 valence electrons. The van der Waals surface area contributed by atoms with E-state index in [9.17, 15) is 0 Å². The Balaban J connectivity index is 2.07. The lowest BCUT2D eigenvalue weighted by atomic mass is 10.1. The average Bonchev–Trinajstić information content (AvgIpc) is 2.78. The number of nitrogens with one attached hydrogen (secondary N) is 2. The van der Waals surface area contributed by atoms with Crippen molar-refractivity contribution in [2.24, 2.45) is 0 Å². The Morgan fingerprint density at radius 3 is 2.78 bits per heavy atom. The molecule has 18 heavy (non-hydrogen) atoms. The van der Waals surface area contributed by atoms with Gasteiger partial charge in [-0.15, -0.1) is 5.10 Å². The molecule has 0 aliphatic rings. The van der Waals surface area contributed by atoms with Gasteiger partial charge >= 0.3 is 0 Å². The predicted molar refractivity (Wildman–Crippen MR) is 69.7 cm³/mol. The Bertz CT molecular complexity index is 488. The SMILES string of the molecule is CCC(NC)c1ccc(Oc2cc(C)[nH]n2)cn1. The molecule has 0 bridgehead atoms. The van der Waals surface area contributed by atoms with E-state index < -0.39 is 0 Å². The number of ether oxygens (including phenoxy) is 1. The molecule has 0 radical (unpaired) electrons. The molecule has 5 nitrogen and oxygen atoms in total. The van der Waals surface area contributed by atoms with Crippen LogP contribution in [0.15, 0.2) is 24.4 Å². The van der Waals surface area contributed by atoms with E-state index in [0.717, 1.165) is 17.8 Å². The van der Waals surface area contributed by atoms with Gasteiger partial charge in [-0.2, -0.15) is 0 Å². The first kappa shape index (κ1) is 12.6. The summed E-state index contributed by atoms with van der Waals surface area (Å²) >= 11 is 0. The summed E-state index contributed by atoms with van der Waals surface area (Å²) in [7, 11) is 1.94. The zero-order valence-electron chi connectivity index (χ0n) is 10.9. The molecule has 2 heterocycles. The Morgan fingerprint density at radius 2 is 2.28 bits per heavy atom. The lowest BCUT2D eigenvalue weighted by Gasteiger charge is -2.13. The molecule has 0 saturated heterocycles. The van der Waals surface area contributed by atoms with Gasteiger partial charge in [-0.25, -0.2) is 0 Å². The number of nitrogens with zero attached hydrogens (tertiary/aromatic N) is 2. The van der Waals surface area contributed by atoms with E-state index in [0.29, 0.717) is 11.6 Å². The van der Waals surface area contributed by atoms with Crippen molar-refractivity contribution >= 4 is 0 Å². The highest BCUT2D eigenvalue weighted by atomic mass is 16.5. The highest BCUT2D eigenvalue weighted by Gasteiger charge is 2.08. The molecule has 2 N–H and O–H groups in total. The van der Waals surface area contributed by atoms with E-state index in [1.165, 1.54) is 0 Å². The Labute approximate surface area is 107 Å². The standard InChI is InChI=1S/C13H18N4O/c1-4-11(14-3)12-6-5-10(8-15-12)18-13-7-9(2)16-17-13/h5-8,11,14H,4H2,1-3H3,(H,16,17). The fraction of sp³-hybridized carbons (Fsp3) is 0.385. The van der Waals surface area contributed by atoms with E-state index in [1.54, 1.807) is 6.20 Å². The van der Waals surface area contributed by atoms with E-state index in [1.807, 2.05) is 32.2 Å². The summed E-state index contributed by atoms with van der Waals surface area (Å²) in [6.07, 6.45) is 2.72. The Hall–Kier alpha value is -1.88. The van der Waals surface area contributed by atoms with Crippen LogP contribution in [0.1, 0.15) is 30.8 Å². The van der Waals surface area contributed by atoms with Crippen LogP contribution >= 0.6 is 0 Å². The normalized spacial score (nSPS) is 12.4. The summed E-state index contributed by atoms with van der Waals surface area (Å²) in [4.78, 5) is 4.40. The van der Waals surface area contributed by atoms with Crippen LogP contribution in [-0.2, 0) is 0 Å². The van der Waals surface area contributed by atoms with Gasteiger partial charge in [0.1, 0.15) is 5.75 Å². The molecule has 0 amide bonds. The number of aryl methyl sites for hydroxylation is 1. The summed E-state index contributed by atoms with van der Waals surface area (Å²) in [5.74, 6) is 1.25. The van der Waals surface area contributed by atoms with E-state index in [4.69, 9.17) is 4.74 Å². The third-order valence-electron chi connectivity index (χ3n) is 2.78. The summed E-state index contributed by atoms with van der Waals surface area (Å²) < 4.78 is 5.58. The molecule has 2 aromatic rings. The van der Waals surface area contributed by atoms with Crippen LogP contribution in [0.4, 0.5) is 0 Å². The summed E-state index contributed by atoms with van der Waals surface area (Å²) in [6, 6.07) is 6.01. The maximum atomic E-state index is 5.58. The zero-order chi connectivity index (χ0) is 13.0. The van der Waals surface area contributed by atoms with Gasteiger partial charge in [0.15, 0.2) is 0 Å². The number of H-pyrrole nitrogens is 1. The van der Waals surface area contributed by atoms with Crippen molar-refractivity contribution in [3.05, 3.63) is 35.8 Å². The summed E-state index contributed by atoms with van der Waals surface area (Å²) in [5.41, 5.74) is 1.99. The van der Waals surface area contributed by atoms with Crippen molar-refractivity contribution in [3.8, 4) is 11.6 Å².